The molecule has 0 saturated heterocycles. The number of dihydropyridines is 1. The molecular formula is C9H13NO. The molecule has 60 valence electrons. The average Bonchev–Trinajstić information content (AvgIpc) is 1.99. The largest absolute Gasteiger partial charge is 0.475 e. The normalized spacial score (nSPS) is 24.2. The van der Waals surface area contributed by atoms with Crippen molar-refractivity contribution in [3.63, 3.8) is 0 Å². The lowest BCUT2D eigenvalue weighted by Crippen LogP contribution is -2.24. The van der Waals surface area contributed by atoms with Crippen LogP contribution in [-0.4, -0.2) is 18.5 Å². The Hall–Kier alpha value is -0.790. The summed E-state index contributed by atoms with van der Waals surface area (Å²) >= 11 is 0. The molecule has 0 aromatic heterocycles. The van der Waals surface area contributed by atoms with Crippen molar-refractivity contribution in [1.82, 2.24) is 0 Å². The van der Waals surface area contributed by atoms with Gasteiger partial charge in [-0.3, -0.25) is 4.99 Å². The van der Waals surface area contributed by atoms with E-state index in [0.717, 1.165) is 18.9 Å². The van der Waals surface area contributed by atoms with Crippen LogP contribution in [-0.2, 0) is 4.74 Å². The van der Waals surface area contributed by atoms with Gasteiger partial charge in [0.1, 0.15) is 6.10 Å². The first-order valence-electron chi connectivity index (χ1n) is 4.33. The Morgan fingerprint density at radius 2 is 2.36 bits per heavy atom. The zero-order chi connectivity index (χ0) is 7.52. The summed E-state index contributed by atoms with van der Waals surface area (Å²) < 4.78 is 5.59. The third kappa shape index (κ3) is 1.62. The SMILES string of the molecule is C1=CC(OC2CCC2)=NCC1. The molecule has 2 aliphatic rings. The highest BCUT2D eigenvalue weighted by atomic mass is 16.5. The van der Waals surface area contributed by atoms with E-state index >= 15 is 0 Å². The first-order chi connectivity index (χ1) is 5.45. The van der Waals surface area contributed by atoms with E-state index in [1.807, 2.05) is 6.08 Å². The van der Waals surface area contributed by atoms with E-state index in [0.29, 0.717) is 6.10 Å². The predicted octanol–water partition coefficient (Wildman–Crippen LogP) is 1.91. The summed E-state index contributed by atoms with van der Waals surface area (Å²) in [7, 11) is 0. The van der Waals surface area contributed by atoms with Gasteiger partial charge in [-0.05, 0) is 31.8 Å². The van der Waals surface area contributed by atoms with E-state index in [9.17, 15) is 0 Å². The summed E-state index contributed by atoms with van der Waals surface area (Å²) in [5.74, 6) is 0.848. The van der Waals surface area contributed by atoms with Gasteiger partial charge in [0.15, 0.2) is 0 Å². The molecule has 11 heavy (non-hydrogen) atoms. The predicted molar refractivity (Wildman–Crippen MR) is 44.8 cm³/mol. The Morgan fingerprint density at radius 1 is 1.45 bits per heavy atom. The number of aliphatic imine (C=N–C) groups is 1. The van der Waals surface area contributed by atoms with E-state index < -0.39 is 0 Å². The summed E-state index contributed by atoms with van der Waals surface area (Å²) in [5.41, 5.74) is 0. The number of ether oxygens (including phenoxy) is 1. The average molecular weight is 151 g/mol. The molecule has 1 saturated carbocycles. The molecule has 0 N–H and O–H groups in total. The van der Waals surface area contributed by atoms with Gasteiger partial charge in [0, 0.05) is 6.54 Å². The fourth-order valence-corrected chi connectivity index (χ4v) is 1.22. The minimum absolute atomic E-state index is 0.469. The second kappa shape index (κ2) is 3.07. The molecule has 0 unspecified atom stereocenters. The van der Waals surface area contributed by atoms with Crippen LogP contribution in [0.2, 0.25) is 0 Å². The fourth-order valence-electron chi connectivity index (χ4n) is 1.22. The first-order valence-corrected chi connectivity index (χ1v) is 4.33. The van der Waals surface area contributed by atoms with E-state index in [4.69, 9.17) is 4.74 Å². The van der Waals surface area contributed by atoms with E-state index in [-0.39, 0.29) is 0 Å². The van der Waals surface area contributed by atoms with Crippen molar-refractivity contribution in [1.29, 1.82) is 0 Å². The number of rotatable bonds is 1. The van der Waals surface area contributed by atoms with Gasteiger partial charge >= 0.3 is 0 Å². The Morgan fingerprint density at radius 3 is 2.91 bits per heavy atom. The van der Waals surface area contributed by atoms with Crippen molar-refractivity contribution >= 4 is 5.90 Å². The molecule has 0 amide bonds. The highest BCUT2D eigenvalue weighted by molar-refractivity contribution is 5.88. The monoisotopic (exact) mass is 151 g/mol. The van der Waals surface area contributed by atoms with Gasteiger partial charge in [-0.25, -0.2) is 0 Å². The van der Waals surface area contributed by atoms with Crippen LogP contribution >= 0.6 is 0 Å². The second-order valence-electron chi connectivity index (χ2n) is 3.08. The molecule has 0 bridgehead atoms. The minimum atomic E-state index is 0.469. The van der Waals surface area contributed by atoms with Crippen LogP contribution in [0, 0.1) is 0 Å². The topological polar surface area (TPSA) is 21.6 Å². The lowest BCUT2D eigenvalue weighted by molar-refractivity contribution is 0.109. The van der Waals surface area contributed by atoms with Gasteiger partial charge in [-0.1, -0.05) is 6.08 Å². The second-order valence-corrected chi connectivity index (χ2v) is 3.08. The third-order valence-electron chi connectivity index (χ3n) is 2.16. The fraction of sp³-hybridized carbons (Fsp3) is 0.667. The van der Waals surface area contributed by atoms with Crippen LogP contribution in [0.25, 0.3) is 0 Å². The van der Waals surface area contributed by atoms with Crippen molar-refractivity contribution in [2.45, 2.75) is 31.8 Å². The van der Waals surface area contributed by atoms with Crippen molar-refractivity contribution < 1.29 is 4.74 Å². The summed E-state index contributed by atoms with van der Waals surface area (Å²) in [6.45, 7) is 0.901. The summed E-state index contributed by atoms with van der Waals surface area (Å²) in [6.07, 6.45) is 9.40. The maximum atomic E-state index is 5.59. The molecule has 1 fully saturated rings. The Bertz CT molecular complexity index is 192. The third-order valence-corrected chi connectivity index (χ3v) is 2.16. The molecule has 0 aromatic carbocycles. The molecule has 0 spiro atoms. The summed E-state index contributed by atoms with van der Waals surface area (Å²) in [4.78, 5) is 4.26. The molecule has 0 atom stereocenters. The number of hydrogen-bond donors (Lipinski definition) is 0. The number of nitrogens with zero attached hydrogens (tertiary/aromatic N) is 1. The minimum Gasteiger partial charge on any atom is -0.475 e. The standard InChI is InChI=1S/C9H13NO/c1-2-7-10-9(6-1)11-8-4-3-5-8/h1,6,8H,2-5,7H2. The van der Waals surface area contributed by atoms with Gasteiger partial charge in [0.25, 0.3) is 0 Å². The molecule has 2 heteroatoms. The van der Waals surface area contributed by atoms with Crippen LogP contribution in [0.4, 0.5) is 0 Å². The van der Waals surface area contributed by atoms with Crippen LogP contribution in [0.1, 0.15) is 25.7 Å². The van der Waals surface area contributed by atoms with Crippen molar-refractivity contribution in [3.05, 3.63) is 12.2 Å². The zero-order valence-corrected chi connectivity index (χ0v) is 6.62. The van der Waals surface area contributed by atoms with E-state index in [2.05, 4.69) is 11.1 Å². The van der Waals surface area contributed by atoms with Crippen LogP contribution < -0.4 is 0 Å². The Kier molecular flexibility index (Phi) is 1.93. The molecule has 0 aromatic rings. The molecule has 2 rings (SSSR count). The lowest BCUT2D eigenvalue weighted by Gasteiger charge is -2.26. The maximum absolute atomic E-state index is 5.59. The van der Waals surface area contributed by atoms with Crippen molar-refractivity contribution in [2.75, 3.05) is 6.54 Å². The molecule has 0 radical (unpaired) electrons. The van der Waals surface area contributed by atoms with Crippen molar-refractivity contribution in [3.8, 4) is 0 Å². The Labute approximate surface area is 67.0 Å². The number of hydrogen-bond acceptors (Lipinski definition) is 2. The van der Waals surface area contributed by atoms with Gasteiger partial charge < -0.3 is 4.74 Å². The zero-order valence-electron chi connectivity index (χ0n) is 6.62. The highest BCUT2D eigenvalue weighted by Gasteiger charge is 2.19. The van der Waals surface area contributed by atoms with E-state index in [1.165, 1.54) is 19.3 Å². The lowest BCUT2D eigenvalue weighted by atomic mass is 9.96. The van der Waals surface area contributed by atoms with E-state index in [1.54, 1.807) is 0 Å². The first kappa shape index (κ1) is 6.89. The molecule has 1 aliphatic heterocycles. The van der Waals surface area contributed by atoms with Gasteiger partial charge in [-0.15, -0.1) is 0 Å². The van der Waals surface area contributed by atoms with Gasteiger partial charge in [0.2, 0.25) is 5.90 Å². The van der Waals surface area contributed by atoms with Gasteiger partial charge in [-0.2, -0.15) is 0 Å². The quantitative estimate of drug-likeness (QED) is 0.561. The highest BCUT2D eigenvalue weighted by Crippen LogP contribution is 2.22. The van der Waals surface area contributed by atoms with Crippen LogP contribution in [0.5, 0.6) is 0 Å². The molecule has 1 aliphatic carbocycles. The van der Waals surface area contributed by atoms with Gasteiger partial charge in [0.05, 0.1) is 0 Å². The Balaban J connectivity index is 1.84. The summed E-state index contributed by atoms with van der Waals surface area (Å²) in [5, 5.41) is 0. The van der Waals surface area contributed by atoms with Crippen LogP contribution in [0.15, 0.2) is 17.1 Å². The molecular weight excluding hydrogens is 138 g/mol. The molecule has 1 heterocycles. The smallest absolute Gasteiger partial charge is 0.208 e. The summed E-state index contributed by atoms with van der Waals surface area (Å²) in [6, 6.07) is 0. The van der Waals surface area contributed by atoms with Crippen molar-refractivity contribution in [2.24, 2.45) is 4.99 Å². The maximum Gasteiger partial charge on any atom is 0.208 e. The molecule has 2 nitrogen and oxygen atoms in total. The van der Waals surface area contributed by atoms with Crippen LogP contribution in [0.3, 0.4) is 0 Å².